The van der Waals surface area contributed by atoms with Gasteiger partial charge in [0.05, 0.1) is 9.53 Å². The van der Waals surface area contributed by atoms with Crippen LogP contribution in [0, 0.1) is 5.41 Å². The number of unbranched alkanes of at least 4 members (excludes halogenated alkanes) is 1. The second-order valence-electron chi connectivity index (χ2n) is 7.45. The second-order valence-corrected chi connectivity index (χ2v) is 9.37. The van der Waals surface area contributed by atoms with Crippen LogP contribution < -0.4 is 0 Å². The van der Waals surface area contributed by atoms with Gasteiger partial charge in [0.1, 0.15) is 0 Å². The van der Waals surface area contributed by atoms with Gasteiger partial charge in [-0.25, -0.2) is 0 Å². The highest BCUT2D eigenvalue weighted by Gasteiger charge is 2.66. The third-order valence-electron chi connectivity index (χ3n) is 5.71. The Morgan fingerprint density at radius 1 is 1.00 bits per heavy atom. The summed E-state index contributed by atoms with van der Waals surface area (Å²) in [6.45, 7) is 4.60. The van der Waals surface area contributed by atoms with Crippen LogP contribution in [-0.4, -0.2) is 14.6 Å². The van der Waals surface area contributed by atoms with Gasteiger partial charge in [-0.2, -0.15) is 0 Å². The Kier molecular flexibility index (Phi) is 5.36. The Morgan fingerprint density at radius 2 is 1.50 bits per heavy atom. The highest BCUT2D eigenvalue weighted by atomic mass is 127. The van der Waals surface area contributed by atoms with E-state index in [1.54, 1.807) is 0 Å². The summed E-state index contributed by atoms with van der Waals surface area (Å²) in [5.41, 5.74) is 2.67. The van der Waals surface area contributed by atoms with Gasteiger partial charge in [-0.05, 0) is 29.4 Å². The first kappa shape index (κ1) is 17.9. The second kappa shape index (κ2) is 7.17. The molecule has 128 valence electrons. The number of benzene rings is 2. The number of halogens is 1. The lowest BCUT2D eigenvalue weighted by Gasteiger charge is -2.31. The zero-order valence-corrected chi connectivity index (χ0v) is 16.7. The lowest BCUT2D eigenvalue weighted by Crippen LogP contribution is -2.34. The van der Waals surface area contributed by atoms with E-state index in [2.05, 4.69) is 85.0 Å². The summed E-state index contributed by atoms with van der Waals surface area (Å²) in [5, 5.41) is 11.4. The summed E-state index contributed by atoms with van der Waals surface area (Å²) >= 11 is 2.55. The van der Waals surface area contributed by atoms with Crippen LogP contribution in [-0.2, 0) is 0 Å². The summed E-state index contributed by atoms with van der Waals surface area (Å²) in [5.74, 6) is 0.0350. The molecule has 1 fully saturated rings. The van der Waals surface area contributed by atoms with Gasteiger partial charge in [-0.1, -0.05) is 110 Å². The normalized spacial score (nSPS) is 27.2. The van der Waals surface area contributed by atoms with E-state index in [1.165, 1.54) is 30.4 Å². The van der Waals surface area contributed by atoms with Gasteiger partial charge in [0.2, 0.25) is 0 Å². The third kappa shape index (κ3) is 3.28. The van der Waals surface area contributed by atoms with Crippen LogP contribution >= 0.6 is 22.6 Å². The van der Waals surface area contributed by atoms with E-state index in [9.17, 15) is 5.11 Å². The van der Waals surface area contributed by atoms with Crippen LogP contribution in [0.1, 0.15) is 56.6 Å². The molecule has 1 aliphatic carbocycles. The van der Waals surface area contributed by atoms with Crippen molar-refractivity contribution in [3.05, 3.63) is 71.8 Å². The maximum Gasteiger partial charge on any atom is 0.0800 e. The number of rotatable bonds is 7. The summed E-state index contributed by atoms with van der Waals surface area (Å²) in [6, 6.07) is 20.9. The lowest BCUT2D eigenvalue weighted by atomic mass is 9.82. The predicted molar refractivity (Wildman–Crippen MR) is 110 cm³/mol. The number of hydrogen-bond donors (Lipinski definition) is 1. The molecule has 0 radical (unpaired) electrons. The Balaban J connectivity index is 1.92. The maximum absolute atomic E-state index is 11.4. The minimum absolute atomic E-state index is 0.0315. The lowest BCUT2D eigenvalue weighted by molar-refractivity contribution is 0.136. The topological polar surface area (TPSA) is 20.2 Å². The summed E-state index contributed by atoms with van der Waals surface area (Å²) in [6.07, 6.45) is 4.41. The van der Waals surface area contributed by atoms with E-state index in [1.807, 2.05) is 12.1 Å². The highest BCUT2D eigenvalue weighted by Crippen LogP contribution is 2.68. The maximum atomic E-state index is 11.4. The van der Waals surface area contributed by atoms with E-state index in [0.29, 0.717) is 0 Å². The molecule has 2 heteroatoms. The minimum atomic E-state index is -0.371. The molecule has 0 amide bonds. The number of aliphatic hydroxyl groups is 1. The average molecular weight is 434 g/mol. The largest absolute Gasteiger partial charge is 0.391 e. The van der Waals surface area contributed by atoms with Crippen molar-refractivity contribution in [2.24, 2.45) is 5.41 Å². The van der Waals surface area contributed by atoms with Crippen LogP contribution in [0.5, 0.6) is 0 Å². The summed E-state index contributed by atoms with van der Waals surface area (Å²) < 4.78 is -0.0315. The Morgan fingerprint density at radius 3 is 1.96 bits per heavy atom. The molecule has 2 aromatic carbocycles. The first-order chi connectivity index (χ1) is 11.5. The molecule has 0 saturated heterocycles. The molecular formula is C22H27IO. The van der Waals surface area contributed by atoms with E-state index < -0.39 is 0 Å². The van der Waals surface area contributed by atoms with Crippen LogP contribution in [0.25, 0.3) is 0 Å². The SMILES string of the molecule is CCCC[C@@]1(C)C[C@]1(I)[C@H](O)C(c1ccccc1)c1ccccc1. The summed E-state index contributed by atoms with van der Waals surface area (Å²) in [7, 11) is 0. The molecule has 0 bridgehead atoms. The van der Waals surface area contributed by atoms with E-state index in [-0.39, 0.29) is 20.9 Å². The Labute approximate surface area is 159 Å². The number of aliphatic hydroxyl groups excluding tert-OH is 1. The zero-order chi connectivity index (χ0) is 17.2. The van der Waals surface area contributed by atoms with Crippen molar-refractivity contribution in [3.8, 4) is 0 Å². The van der Waals surface area contributed by atoms with Gasteiger partial charge in [0.25, 0.3) is 0 Å². The Bertz CT molecular complexity index is 617. The van der Waals surface area contributed by atoms with Crippen molar-refractivity contribution < 1.29 is 5.11 Å². The van der Waals surface area contributed by atoms with Crippen LogP contribution in [0.15, 0.2) is 60.7 Å². The molecule has 1 N–H and O–H groups in total. The van der Waals surface area contributed by atoms with Crippen LogP contribution in [0.2, 0.25) is 0 Å². The first-order valence-corrected chi connectivity index (χ1v) is 10.1. The number of alkyl halides is 1. The number of hydrogen-bond acceptors (Lipinski definition) is 1. The highest BCUT2D eigenvalue weighted by molar-refractivity contribution is 14.1. The van der Waals surface area contributed by atoms with Crippen LogP contribution in [0.4, 0.5) is 0 Å². The van der Waals surface area contributed by atoms with Gasteiger partial charge < -0.3 is 5.11 Å². The molecule has 1 saturated carbocycles. The van der Waals surface area contributed by atoms with E-state index in [0.717, 1.165) is 6.42 Å². The molecular weight excluding hydrogens is 407 g/mol. The van der Waals surface area contributed by atoms with Crippen LogP contribution in [0.3, 0.4) is 0 Å². The predicted octanol–water partition coefficient (Wildman–Crippen LogP) is 5.95. The van der Waals surface area contributed by atoms with Gasteiger partial charge >= 0.3 is 0 Å². The molecule has 1 aliphatic rings. The average Bonchev–Trinajstić information content (AvgIpc) is 3.18. The van der Waals surface area contributed by atoms with E-state index in [4.69, 9.17) is 0 Å². The van der Waals surface area contributed by atoms with Gasteiger partial charge in [-0.15, -0.1) is 0 Å². The van der Waals surface area contributed by atoms with Gasteiger partial charge in [0, 0.05) is 5.92 Å². The minimum Gasteiger partial charge on any atom is -0.391 e. The fourth-order valence-corrected chi connectivity index (χ4v) is 5.46. The molecule has 3 atom stereocenters. The van der Waals surface area contributed by atoms with Crippen molar-refractivity contribution in [1.82, 2.24) is 0 Å². The standard InChI is InChI=1S/C22H27IO/c1-3-4-15-21(2)16-22(21,23)20(24)19(17-11-7-5-8-12-17)18-13-9-6-10-14-18/h5-14,19-20,24H,3-4,15-16H2,1-2H3/t20-,21+,22+/m1/s1. The molecule has 0 heterocycles. The fraction of sp³-hybridized carbons (Fsp3) is 0.455. The van der Waals surface area contributed by atoms with Crippen molar-refractivity contribution in [2.75, 3.05) is 0 Å². The zero-order valence-electron chi connectivity index (χ0n) is 14.6. The molecule has 0 aromatic heterocycles. The van der Waals surface area contributed by atoms with Crippen molar-refractivity contribution >= 4 is 22.6 Å². The van der Waals surface area contributed by atoms with Crippen molar-refractivity contribution in [2.45, 2.75) is 55.0 Å². The molecule has 2 aromatic rings. The molecule has 1 nitrogen and oxygen atoms in total. The molecule has 0 unspecified atom stereocenters. The fourth-order valence-electron chi connectivity index (χ4n) is 3.99. The summed E-state index contributed by atoms with van der Waals surface area (Å²) in [4.78, 5) is 0. The molecule has 0 spiro atoms. The van der Waals surface area contributed by atoms with Gasteiger partial charge in [-0.3, -0.25) is 0 Å². The molecule has 0 aliphatic heterocycles. The quantitative estimate of drug-likeness (QED) is 0.422. The monoisotopic (exact) mass is 434 g/mol. The van der Waals surface area contributed by atoms with Crippen molar-refractivity contribution in [3.63, 3.8) is 0 Å². The third-order valence-corrected chi connectivity index (χ3v) is 8.03. The van der Waals surface area contributed by atoms with Crippen molar-refractivity contribution in [1.29, 1.82) is 0 Å². The van der Waals surface area contributed by atoms with E-state index >= 15 is 0 Å². The first-order valence-electron chi connectivity index (χ1n) is 8.99. The Hall–Kier alpha value is -0.870. The smallest absolute Gasteiger partial charge is 0.0800 e. The molecule has 24 heavy (non-hydrogen) atoms. The molecule has 3 rings (SSSR count). The van der Waals surface area contributed by atoms with Gasteiger partial charge in [0.15, 0.2) is 0 Å².